The number of nitrogens with two attached hydrogens (primary N) is 1. The van der Waals surface area contributed by atoms with E-state index >= 15 is 0 Å². The molecule has 0 aliphatic heterocycles. The Morgan fingerprint density at radius 1 is 1.69 bits per heavy atom. The molecule has 0 amide bonds. The second-order valence-corrected chi connectivity index (χ2v) is 3.77. The van der Waals surface area contributed by atoms with Crippen LogP contribution in [-0.2, 0) is 23.0 Å². The lowest BCUT2D eigenvalue weighted by molar-refractivity contribution is -0.141. The second-order valence-electron chi connectivity index (χ2n) is 3.77. The molecule has 90 valence electrons. The average molecular weight is 225 g/mol. The van der Waals surface area contributed by atoms with Crippen LogP contribution in [0, 0.1) is 0 Å². The predicted octanol–water partition coefficient (Wildman–Crippen LogP) is 0.588. The monoisotopic (exact) mass is 225 g/mol. The van der Waals surface area contributed by atoms with Crippen LogP contribution in [0.3, 0.4) is 0 Å². The fraction of sp³-hybridized carbons (Fsp3) is 0.636. The van der Waals surface area contributed by atoms with Crippen molar-refractivity contribution in [3.8, 4) is 0 Å². The van der Waals surface area contributed by atoms with Crippen molar-refractivity contribution in [2.75, 3.05) is 13.7 Å². The van der Waals surface area contributed by atoms with Gasteiger partial charge in [-0.25, -0.2) is 0 Å². The maximum absolute atomic E-state index is 11.3. The van der Waals surface area contributed by atoms with E-state index in [1.54, 1.807) is 4.68 Å². The first-order chi connectivity index (χ1) is 7.62. The van der Waals surface area contributed by atoms with Gasteiger partial charge in [0.05, 0.1) is 19.2 Å². The molecule has 0 radical (unpaired) electrons. The molecule has 5 heteroatoms. The van der Waals surface area contributed by atoms with E-state index < -0.39 is 0 Å². The third-order valence-corrected chi connectivity index (χ3v) is 2.64. The van der Waals surface area contributed by atoms with E-state index in [1.165, 1.54) is 7.11 Å². The van der Waals surface area contributed by atoms with Gasteiger partial charge in [0.2, 0.25) is 0 Å². The highest BCUT2D eigenvalue weighted by Crippen LogP contribution is 2.22. The van der Waals surface area contributed by atoms with Crippen LogP contribution in [0.15, 0.2) is 6.20 Å². The first-order valence-electron chi connectivity index (χ1n) is 5.41. The van der Waals surface area contributed by atoms with Crippen molar-refractivity contribution in [2.24, 2.45) is 12.8 Å². The molecule has 2 N–H and O–H groups in total. The smallest absolute Gasteiger partial charge is 0.306 e. The van der Waals surface area contributed by atoms with Gasteiger partial charge in [0, 0.05) is 19.2 Å². The number of hydrogen-bond acceptors (Lipinski definition) is 4. The summed E-state index contributed by atoms with van der Waals surface area (Å²) in [6.45, 7) is 2.46. The van der Waals surface area contributed by atoms with Gasteiger partial charge in [-0.15, -0.1) is 0 Å². The normalized spacial score (nSPS) is 12.5. The third-order valence-electron chi connectivity index (χ3n) is 2.64. The van der Waals surface area contributed by atoms with Crippen LogP contribution < -0.4 is 5.73 Å². The molecule has 0 saturated heterocycles. The molecule has 0 aliphatic carbocycles. The van der Waals surface area contributed by atoms with Crippen LogP contribution >= 0.6 is 0 Å². The van der Waals surface area contributed by atoms with Crippen molar-refractivity contribution in [3.05, 3.63) is 17.5 Å². The molecule has 1 heterocycles. The van der Waals surface area contributed by atoms with Crippen molar-refractivity contribution in [2.45, 2.75) is 25.7 Å². The zero-order chi connectivity index (χ0) is 12.1. The molecule has 0 aliphatic rings. The van der Waals surface area contributed by atoms with Crippen molar-refractivity contribution in [3.63, 3.8) is 0 Å². The number of esters is 1. The van der Waals surface area contributed by atoms with E-state index in [0.717, 1.165) is 17.7 Å². The van der Waals surface area contributed by atoms with Gasteiger partial charge in [-0.05, 0) is 18.5 Å². The quantitative estimate of drug-likeness (QED) is 0.744. The van der Waals surface area contributed by atoms with E-state index in [-0.39, 0.29) is 11.9 Å². The van der Waals surface area contributed by atoms with Crippen LogP contribution in [-0.4, -0.2) is 29.4 Å². The number of carbonyl (C=O) groups excluding carboxylic acids is 1. The number of aromatic nitrogens is 2. The van der Waals surface area contributed by atoms with Crippen molar-refractivity contribution < 1.29 is 9.53 Å². The summed E-state index contributed by atoms with van der Waals surface area (Å²) < 4.78 is 6.42. The van der Waals surface area contributed by atoms with E-state index in [2.05, 4.69) is 9.84 Å². The van der Waals surface area contributed by atoms with Gasteiger partial charge in [-0.2, -0.15) is 5.10 Å². The summed E-state index contributed by atoms with van der Waals surface area (Å²) in [4.78, 5) is 11.3. The molecular weight excluding hydrogens is 206 g/mol. The number of hydrogen-bond donors (Lipinski definition) is 1. The first kappa shape index (κ1) is 12.7. The number of carbonyl (C=O) groups is 1. The Kier molecular flexibility index (Phi) is 4.49. The molecular formula is C11H19N3O2. The Hall–Kier alpha value is -1.36. The minimum atomic E-state index is -0.235. The lowest BCUT2D eigenvalue weighted by atomic mass is 9.95. The summed E-state index contributed by atoms with van der Waals surface area (Å²) in [5.41, 5.74) is 7.75. The molecule has 5 nitrogen and oxygen atoms in total. The molecule has 0 bridgehead atoms. The van der Waals surface area contributed by atoms with Crippen LogP contribution in [0.5, 0.6) is 0 Å². The fourth-order valence-corrected chi connectivity index (χ4v) is 1.77. The Balaban J connectivity index is 2.89. The topological polar surface area (TPSA) is 70.1 Å². The Labute approximate surface area is 95.6 Å². The second kappa shape index (κ2) is 5.65. The molecule has 0 aromatic carbocycles. The van der Waals surface area contributed by atoms with Gasteiger partial charge in [0.1, 0.15) is 0 Å². The SMILES string of the molecule is CCc1nn(C)cc1C(CN)CC(=O)OC. The fourth-order valence-electron chi connectivity index (χ4n) is 1.77. The highest BCUT2D eigenvalue weighted by Gasteiger charge is 2.19. The predicted molar refractivity (Wildman–Crippen MR) is 61.0 cm³/mol. The zero-order valence-corrected chi connectivity index (χ0v) is 10.1. The Bertz CT molecular complexity index is 360. The summed E-state index contributed by atoms with van der Waals surface area (Å²) in [7, 11) is 3.26. The lowest BCUT2D eigenvalue weighted by Gasteiger charge is -2.12. The number of aryl methyl sites for hydroxylation is 2. The number of nitrogens with zero attached hydrogens (tertiary/aromatic N) is 2. The molecule has 1 unspecified atom stereocenters. The first-order valence-corrected chi connectivity index (χ1v) is 5.41. The minimum absolute atomic E-state index is 0.00361. The van der Waals surface area contributed by atoms with E-state index in [1.807, 2.05) is 20.2 Å². The minimum Gasteiger partial charge on any atom is -0.469 e. The maximum Gasteiger partial charge on any atom is 0.306 e. The molecule has 16 heavy (non-hydrogen) atoms. The Morgan fingerprint density at radius 2 is 2.38 bits per heavy atom. The lowest BCUT2D eigenvalue weighted by Crippen LogP contribution is -2.18. The standard InChI is InChI=1S/C11H19N3O2/c1-4-10-9(7-14(2)13-10)8(6-12)5-11(15)16-3/h7-8H,4-6,12H2,1-3H3. The van der Waals surface area contributed by atoms with Crippen LogP contribution in [0.4, 0.5) is 0 Å². The zero-order valence-electron chi connectivity index (χ0n) is 10.1. The summed E-state index contributed by atoms with van der Waals surface area (Å²) >= 11 is 0. The largest absolute Gasteiger partial charge is 0.469 e. The van der Waals surface area contributed by atoms with Gasteiger partial charge < -0.3 is 10.5 Å². The number of ether oxygens (including phenoxy) is 1. The van der Waals surface area contributed by atoms with Crippen LogP contribution in [0.2, 0.25) is 0 Å². The van der Waals surface area contributed by atoms with Gasteiger partial charge in [0.25, 0.3) is 0 Å². The molecule has 1 aromatic heterocycles. The summed E-state index contributed by atoms with van der Waals surface area (Å²) in [6.07, 6.45) is 3.08. The Morgan fingerprint density at radius 3 is 2.88 bits per heavy atom. The van der Waals surface area contributed by atoms with E-state index in [0.29, 0.717) is 13.0 Å². The summed E-state index contributed by atoms with van der Waals surface area (Å²) in [5.74, 6) is -0.238. The summed E-state index contributed by atoms with van der Waals surface area (Å²) in [6, 6.07) is 0. The number of methoxy groups -OCH3 is 1. The molecule has 0 fully saturated rings. The highest BCUT2D eigenvalue weighted by atomic mass is 16.5. The van der Waals surface area contributed by atoms with Crippen LogP contribution in [0.1, 0.15) is 30.5 Å². The van der Waals surface area contributed by atoms with Gasteiger partial charge in [-0.3, -0.25) is 9.48 Å². The van der Waals surface area contributed by atoms with Gasteiger partial charge in [-0.1, -0.05) is 6.92 Å². The third kappa shape index (κ3) is 2.82. The summed E-state index contributed by atoms with van der Waals surface area (Å²) in [5, 5.41) is 4.34. The molecule has 1 rings (SSSR count). The van der Waals surface area contributed by atoms with Crippen molar-refractivity contribution in [1.82, 2.24) is 9.78 Å². The maximum atomic E-state index is 11.3. The molecule has 0 saturated carbocycles. The van der Waals surface area contributed by atoms with E-state index in [9.17, 15) is 4.79 Å². The van der Waals surface area contributed by atoms with Gasteiger partial charge in [0.15, 0.2) is 0 Å². The van der Waals surface area contributed by atoms with E-state index in [4.69, 9.17) is 5.73 Å². The van der Waals surface area contributed by atoms with Gasteiger partial charge >= 0.3 is 5.97 Å². The molecule has 1 atom stereocenters. The highest BCUT2D eigenvalue weighted by molar-refractivity contribution is 5.70. The van der Waals surface area contributed by atoms with Crippen molar-refractivity contribution >= 4 is 5.97 Å². The average Bonchev–Trinajstić information content (AvgIpc) is 2.66. The van der Waals surface area contributed by atoms with Crippen LogP contribution in [0.25, 0.3) is 0 Å². The molecule has 0 spiro atoms. The molecule has 1 aromatic rings. The number of rotatable bonds is 5. The van der Waals surface area contributed by atoms with Crippen molar-refractivity contribution in [1.29, 1.82) is 0 Å².